The molecule has 2 heterocycles. The van der Waals surface area contributed by atoms with E-state index in [9.17, 15) is 9.90 Å². The summed E-state index contributed by atoms with van der Waals surface area (Å²) < 4.78 is 0. The highest BCUT2D eigenvalue weighted by molar-refractivity contribution is 5.76. The number of hydrogen-bond donors (Lipinski definition) is 3. The Morgan fingerprint density at radius 2 is 2.26 bits per heavy atom. The molecule has 0 aliphatic carbocycles. The molecule has 106 valence electrons. The quantitative estimate of drug-likeness (QED) is 0.714. The minimum absolute atomic E-state index is 0.0283. The summed E-state index contributed by atoms with van der Waals surface area (Å²) in [5.41, 5.74) is 1.85. The number of aliphatic hydroxyl groups excluding tert-OH is 1. The third-order valence-electron chi connectivity index (χ3n) is 3.59. The Labute approximate surface area is 113 Å². The topological polar surface area (TPSA) is 81.2 Å². The van der Waals surface area contributed by atoms with E-state index in [0.29, 0.717) is 19.5 Å². The van der Waals surface area contributed by atoms with Gasteiger partial charge in [0.15, 0.2) is 0 Å². The number of rotatable bonds is 4. The SMILES string of the molecule is Cc1nc(CNC(=O)C[C@@H]2CN(C)C[C@H]2O)c(C)[nH]1. The number of hydrogen-bond acceptors (Lipinski definition) is 4. The number of imidazole rings is 1. The number of aliphatic hydroxyl groups is 1. The molecule has 1 fully saturated rings. The van der Waals surface area contributed by atoms with Crippen LogP contribution in [0.3, 0.4) is 0 Å². The van der Waals surface area contributed by atoms with Gasteiger partial charge in [-0.05, 0) is 20.9 Å². The molecule has 2 rings (SSSR count). The first-order valence-electron chi connectivity index (χ1n) is 6.61. The van der Waals surface area contributed by atoms with E-state index >= 15 is 0 Å². The minimum atomic E-state index is -0.398. The number of aromatic amines is 1. The number of amides is 1. The van der Waals surface area contributed by atoms with Gasteiger partial charge >= 0.3 is 0 Å². The maximum absolute atomic E-state index is 11.9. The van der Waals surface area contributed by atoms with Gasteiger partial charge in [0.1, 0.15) is 5.82 Å². The van der Waals surface area contributed by atoms with Gasteiger partial charge in [0.25, 0.3) is 0 Å². The van der Waals surface area contributed by atoms with E-state index in [2.05, 4.69) is 15.3 Å². The van der Waals surface area contributed by atoms with Gasteiger partial charge in [0.05, 0.1) is 18.3 Å². The molecule has 3 N–H and O–H groups in total. The smallest absolute Gasteiger partial charge is 0.220 e. The van der Waals surface area contributed by atoms with Gasteiger partial charge in [-0.2, -0.15) is 0 Å². The van der Waals surface area contributed by atoms with Crippen LogP contribution in [0, 0.1) is 19.8 Å². The van der Waals surface area contributed by atoms with Gasteiger partial charge in [-0.1, -0.05) is 0 Å². The fourth-order valence-corrected chi connectivity index (χ4v) is 2.59. The highest BCUT2D eigenvalue weighted by Crippen LogP contribution is 2.18. The van der Waals surface area contributed by atoms with E-state index in [1.807, 2.05) is 25.8 Å². The van der Waals surface area contributed by atoms with Crippen LogP contribution in [-0.4, -0.2) is 52.1 Å². The fraction of sp³-hybridized carbons (Fsp3) is 0.692. The molecule has 1 aromatic rings. The van der Waals surface area contributed by atoms with Crippen molar-refractivity contribution in [2.24, 2.45) is 5.92 Å². The minimum Gasteiger partial charge on any atom is -0.391 e. The molecule has 0 radical (unpaired) electrons. The monoisotopic (exact) mass is 266 g/mol. The average molecular weight is 266 g/mol. The van der Waals surface area contributed by atoms with Crippen LogP contribution in [0.2, 0.25) is 0 Å². The summed E-state index contributed by atoms with van der Waals surface area (Å²) in [7, 11) is 1.96. The van der Waals surface area contributed by atoms with Crippen molar-refractivity contribution in [3.8, 4) is 0 Å². The molecule has 1 amide bonds. The van der Waals surface area contributed by atoms with Gasteiger partial charge < -0.3 is 20.3 Å². The van der Waals surface area contributed by atoms with Gasteiger partial charge in [0, 0.05) is 31.1 Å². The van der Waals surface area contributed by atoms with Gasteiger partial charge in [-0.3, -0.25) is 4.79 Å². The maximum atomic E-state index is 11.9. The molecule has 1 aromatic heterocycles. The molecule has 2 atom stereocenters. The van der Waals surface area contributed by atoms with Crippen LogP contribution in [0.15, 0.2) is 0 Å². The maximum Gasteiger partial charge on any atom is 0.220 e. The number of carbonyl (C=O) groups excluding carboxylic acids is 1. The lowest BCUT2D eigenvalue weighted by molar-refractivity contribution is -0.122. The largest absolute Gasteiger partial charge is 0.391 e. The van der Waals surface area contributed by atoms with E-state index in [0.717, 1.165) is 23.8 Å². The van der Waals surface area contributed by atoms with E-state index in [1.54, 1.807) is 0 Å². The first-order chi connectivity index (χ1) is 8.95. The van der Waals surface area contributed by atoms with Crippen LogP contribution in [0.25, 0.3) is 0 Å². The Hall–Kier alpha value is -1.40. The Bertz CT molecular complexity index is 457. The van der Waals surface area contributed by atoms with Crippen LogP contribution < -0.4 is 5.32 Å². The number of nitrogens with one attached hydrogen (secondary N) is 2. The van der Waals surface area contributed by atoms with Gasteiger partial charge in [0.2, 0.25) is 5.91 Å². The summed E-state index contributed by atoms with van der Waals surface area (Å²) in [6, 6.07) is 0. The van der Waals surface area contributed by atoms with Crippen molar-refractivity contribution in [1.29, 1.82) is 0 Å². The summed E-state index contributed by atoms with van der Waals surface area (Å²) in [5.74, 6) is 0.862. The number of likely N-dealkylation sites (N-methyl/N-ethyl adjacent to an activating group) is 1. The number of aromatic nitrogens is 2. The van der Waals surface area contributed by atoms with Crippen LogP contribution in [0.1, 0.15) is 23.6 Å². The Morgan fingerprint density at radius 3 is 2.79 bits per heavy atom. The zero-order chi connectivity index (χ0) is 14.0. The molecule has 1 aliphatic rings. The van der Waals surface area contributed by atoms with Crippen molar-refractivity contribution in [1.82, 2.24) is 20.2 Å². The second kappa shape index (κ2) is 5.71. The van der Waals surface area contributed by atoms with Crippen LogP contribution >= 0.6 is 0 Å². The molecule has 19 heavy (non-hydrogen) atoms. The number of aryl methyl sites for hydroxylation is 2. The molecule has 0 unspecified atom stereocenters. The van der Waals surface area contributed by atoms with Crippen molar-refractivity contribution < 1.29 is 9.90 Å². The predicted molar refractivity (Wildman–Crippen MR) is 71.5 cm³/mol. The summed E-state index contributed by atoms with van der Waals surface area (Å²) >= 11 is 0. The number of H-pyrrole nitrogens is 1. The lowest BCUT2D eigenvalue weighted by Gasteiger charge is -2.12. The number of β-amino-alcohol motifs (C(OH)–C–C–N with tert-alkyl or cyclic N) is 1. The second-order valence-electron chi connectivity index (χ2n) is 5.42. The molecule has 6 nitrogen and oxygen atoms in total. The summed E-state index contributed by atoms with van der Waals surface area (Å²) in [6.45, 7) is 5.69. The van der Waals surface area contributed by atoms with Crippen LogP contribution in [0.4, 0.5) is 0 Å². The van der Waals surface area contributed by atoms with Gasteiger partial charge in [-0.15, -0.1) is 0 Å². The Balaban J connectivity index is 1.80. The van der Waals surface area contributed by atoms with Gasteiger partial charge in [-0.25, -0.2) is 4.98 Å². The molecular weight excluding hydrogens is 244 g/mol. The first-order valence-corrected chi connectivity index (χ1v) is 6.61. The normalized spacial score (nSPS) is 23.8. The third kappa shape index (κ3) is 3.54. The average Bonchev–Trinajstić information content (AvgIpc) is 2.79. The first kappa shape index (κ1) is 14.0. The highest BCUT2D eigenvalue weighted by Gasteiger charge is 2.30. The van der Waals surface area contributed by atoms with Crippen molar-refractivity contribution in [3.63, 3.8) is 0 Å². The van der Waals surface area contributed by atoms with Crippen molar-refractivity contribution in [3.05, 3.63) is 17.2 Å². The van der Waals surface area contributed by atoms with Crippen molar-refractivity contribution in [2.45, 2.75) is 32.9 Å². The summed E-state index contributed by atoms with van der Waals surface area (Å²) in [6.07, 6.45) is -0.0290. The van der Waals surface area contributed by atoms with E-state index in [1.165, 1.54) is 0 Å². The van der Waals surface area contributed by atoms with E-state index in [4.69, 9.17) is 0 Å². The molecule has 0 aromatic carbocycles. The second-order valence-corrected chi connectivity index (χ2v) is 5.42. The molecule has 0 saturated carbocycles. The number of nitrogens with zero attached hydrogens (tertiary/aromatic N) is 2. The van der Waals surface area contributed by atoms with Crippen LogP contribution in [-0.2, 0) is 11.3 Å². The number of likely N-dealkylation sites (tertiary alicyclic amines) is 1. The lowest BCUT2D eigenvalue weighted by Crippen LogP contribution is -2.29. The molecule has 1 saturated heterocycles. The van der Waals surface area contributed by atoms with Crippen molar-refractivity contribution >= 4 is 5.91 Å². The zero-order valence-electron chi connectivity index (χ0n) is 11.7. The molecular formula is C13H22N4O2. The summed E-state index contributed by atoms with van der Waals surface area (Å²) in [5, 5.41) is 12.7. The van der Waals surface area contributed by atoms with E-state index < -0.39 is 6.10 Å². The Kier molecular flexibility index (Phi) is 4.21. The lowest BCUT2D eigenvalue weighted by atomic mass is 10.0. The van der Waals surface area contributed by atoms with E-state index in [-0.39, 0.29) is 11.8 Å². The fourth-order valence-electron chi connectivity index (χ4n) is 2.59. The predicted octanol–water partition coefficient (Wildman–Crippen LogP) is -0.0447. The zero-order valence-corrected chi connectivity index (χ0v) is 11.7. The number of carbonyl (C=O) groups is 1. The molecule has 6 heteroatoms. The molecule has 0 bridgehead atoms. The Morgan fingerprint density at radius 1 is 1.53 bits per heavy atom. The molecule has 0 spiro atoms. The summed E-state index contributed by atoms with van der Waals surface area (Å²) in [4.78, 5) is 21.3. The third-order valence-corrected chi connectivity index (χ3v) is 3.59. The van der Waals surface area contributed by atoms with Crippen molar-refractivity contribution in [2.75, 3.05) is 20.1 Å². The van der Waals surface area contributed by atoms with Crippen LogP contribution in [0.5, 0.6) is 0 Å². The standard InChI is InChI=1S/C13H22N4O2/c1-8-11(16-9(2)15-8)5-14-13(19)4-10-6-17(3)7-12(10)18/h10,12,18H,4-7H2,1-3H3,(H,14,19)(H,15,16)/t10-,12-/m1/s1. The molecule has 1 aliphatic heterocycles. The highest BCUT2D eigenvalue weighted by atomic mass is 16.3.